The SMILES string of the molecule is CC.CC.CCCC.CNCCC(C)C. The molecule has 0 aromatic rings. The van der Waals surface area contributed by atoms with Gasteiger partial charge in [0.05, 0.1) is 0 Å². The summed E-state index contributed by atoms with van der Waals surface area (Å²) < 4.78 is 0. The topological polar surface area (TPSA) is 12.0 Å². The minimum absolute atomic E-state index is 0.840. The van der Waals surface area contributed by atoms with E-state index in [1.54, 1.807) is 0 Å². The van der Waals surface area contributed by atoms with E-state index >= 15 is 0 Å². The van der Waals surface area contributed by atoms with E-state index in [0.29, 0.717) is 0 Å². The molecule has 1 N–H and O–H groups in total. The zero-order chi connectivity index (χ0) is 13.1. The van der Waals surface area contributed by atoms with Crippen molar-refractivity contribution in [2.75, 3.05) is 13.6 Å². The van der Waals surface area contributed by atoms with Crippen LogP contribution in [0.5, 0.6) is 0 Å². The van der Waals surface area contributed by atoms with Gasteiger partial charge in [-0.05, 0) is 25.9 Å². The Kier molecular flexibility index (Phi) is 59.9. The van der Waals surface area contributed by atoms with Crippen molar-refractivity contribution in [2.45, 2.75) is 74.7 Å². The summed E-state index contributed by atoms with van der Waals surface area (Å²) in [6.07, 6.45) is 3.93. The summed E-state index contributed by atoms with van der Waals surface area (Å²) in [7, 11) is 1.99. The molecule has 0 aliphatic rings. The van der Waals surface area contributed by atoms with Gasteiger partial charge in [0.25, 0.3) is 0 Å². The third-order valence-corrected chi connectivity index (χ3v) is 1.47. The van der Waals surface area contributed by atoms with Gasteiger partial charge in [-0.1, -0.05) is 68.2 Å². The van der Waals surface area contributed by atoms with E-state index in [9.17, 15) is 0 Å². The van der Waals surface area contributed by atoms with Crippen LogP contribution >= 0.6 is 0 Å². The Hall–Kier alpha value is -0.0400. The molecule has 0 fully saturated rings. The maximum absolute atomic E-state index is 3.10. The van der Waals surface area contributed by atoms with Crippen molar-refractivity contribution in [1.29, 1.82) is 0 Å². The van der Waals surface area contributed by atoms with Crippen LogP contribution in [0.4, 0.5) is 0 Å². The fraction of sp³-hybridized carbons (Fsp3) is 1.00. The smallest absolute Gasteiger partial charge is 0.00495 e. The van der Waals surface area contributed by atoms with Gasteiger partial charge in [-0.3, -0.25) is 0 Å². The number of rotatable bonds is 4. The molecule has 0 aromatic heterocycles. The van der Waals surface area contributed by atoms with Crippen LogP contribution in [-0.2, 0) is 0 Å². The minimum atomic E-state index is 0.840. The Balaban J connectivity index is -0.0000000647. The van der Waals surface area contributed by atoms with Crippen molar-refractivity contribution in [3.63, 3.8) is 0 Å². The Labute approximate surface area is 100 Å². The van der Waals surface area contributed by atoms with E-state index in [1.165, 1.54) is 19.3 Å². The highest BCUT2D eigenvalue weighted by Crippen LogP contribution is 1.94. The van der Waals surface area contributed by atoms with Crippen LogP contribution < -0.4 is 5.32 Å². The summed E-state index contributed by atoms with van der Waals surface area (Å²) in [5.74, 6) is 0.840. The lowest BCUT2D eigenvalue weighted by Crippen LogP contribution is -2.09. The first-order chi connectivity index (χ1) is 7.18. The molecule has 1 nitrogen and oxygen atoms in total. The van der Waals surface area contributed by atoms with Gasteiger partial charge in [-0.25, -0.2) is 0 Å². The predicted molar refractivity (Wildman–Crippen MR) is 76.7 cm³/mol. The first kappa shape index (κ1) is 24.3. The summed E-state index contributed by atoms with van der Waals surface area (Å²) in [5.41, 5.74) is 0. The minimum Gasteiger partial charge on any atom is -0.320 e. The maximum atomic E-state index is 3.10. The van der Waals surface area contributed by atoms with Crippen molar-refractivity contribution >= 4 is 0 Å². The van der Waals surface area contributed by atoms with Gasteiger partial charge in [0, 0.05) is 0 Å². The lowest BCUT2D eigenvalue weighted by Gasteiger charge is -2.00. The number of hydrogen-bond donors (Lipinski definition) is 1. The lowest BCUT2D eigenvalue weighted by atomic mass is 10.1. The highest BCUT2D eigenvalue weighted by atomic mass is 14.8. The molecule has 0 saturated carbocycles. The first-order valence-corrected chi connectivity index (χ1v) is 6.83. The molecule has 0 heterocycles. The molecule has 1 heteroatoms. The van der Waals surface area contributed by atoms with Crippen molar-refractivity contribution in [3.05, 3.63) is 0 Å². The van der Waals surface area contributed by atoms with Crippen molar-refractivity contribution in [2.24, 2.45) is 5.92 Å². The Morgan fingerprint density at radius 3 is 1.27 bits per heavy atom. The number of unbranched alkanes of at least 4 members (excludes halogenated alkanes) is 1. The molecule has 0 aromatic carbocycles. The second-order valence-corrected chi connectivity index (χ2v) is 3.29. The third-order valence-electron chi connectivity index (χ3n) is 1.47. The van der Waals surface area contributed by atoms with Crippen LogP contribution in [0.15, 0.2) is 0 Å². The Morgan fingerprint density at radius 2 is 1.20 bits per heavy atom. The normalized spacial score (nSPS) is 7.60. The summed E-state index contributed by atoms with van der Waals surface area (Å²) >= 11 is 0. The van der Waals surface area contributed by atoms with Gasteiger partial charge in [0.1, 0.15) is 0 Å². The third kappa shape index (κ3) is 81.2. The van der Waals surface area contributed by atoms with Crippen LogP contribution in [0.1, 0.15) is 74.7 Å². The fourth-order valence-electron chi connectivity index (χ4n) is 0.433. The maximum Gasteiger partial charge on any atom is -0.00495 e. The van der Waals surface area contributed by atoms with E-state index < -0.39 is 0 Å². The van der Waals surface area contributed by atoms with E-state index in [-0.39, 0.29) is 0 Å². The van der Waals surface area contributed by atoms with Crippen LogP contribution in [0.3, 0.4) is 0 Å². The summed E-state index contributed by atoms with van der Waals surface area (Å²) in [6, 6.07) is 0. The molecule has 0 spiro atoms. The van der Waals surface area contributed by atoms with E-state index in [4.69, 9.17) is 0 Å². The zero-order valence-electron chi connectivity index (χ0n) is 12.9. The van der Waals surface area contributed by atoms with Crippen molar-refractivity contribution < 1.29 is 0 Å². The summed E-state index contributed by atoms with van der Waals surface area (Å²) in [6.45, 7) is 18.0. The van der Waals surface area contributed by atoms with Gasteiger partial charge in [0.2, 0.25) is 0 Å². The van der Waals surface area contributed by atoms with E-state index in [1.807, 2.05) is 34.7 Å². The molecule has 0 unspecified atom stereocenters. The van der Waals surface area contributed by atoms with Gasteiger partial charge in [-0.15, -0.1) is 0 Å². The number of nitrogens with one attached hydrogen (secondary N) is 1. The van der Waals surface area contributed by atoms with Gasteiger partial charge >= 0.3 is 0 Å². The highest BCUT2D eigenvalue weighted by molar-refractivity contribution is 4.45. The van der Waals surface area contributed by atoms with Gasteiger partial charge in [-0.2, -0.15) is 0 Å². The first-order valence-electron chi connectivity index (χ1n) is 6.83. The quantitative estimate of drug-likeness (QED) is 0.693. The zero-order valence-corrected chi connectivity index (χ0v) is 12.9. The van der Waals surface area contributed by atoms with Gasteiger partial charge in [0.15, 0.2) is 0 Å². The fourth-order valence-corrected chi connectivity index (χ4v) is 0.433. The van der Waals surface area contributed by atoms with Crippen molar-refractivity contribution in [3.8, 4) is 0 Å². The lowest BCUT2D eigenvalue weighted by molar-refractivity contribution is 0.562. The molecule has 0 aliphatic carbocycles. The summed E-state index contributed by atoms with van der Waals surface area (Å²) in [5, 5.41) is 3.10. The standard InChI is InChI=1S/C6H15N.C4H10.2C2H6/c1-6(2)4-5-7-3;1-3-4-2;2*1-2/h6-7H,4-5H2,1-3H3;3-4H2,1-2H3;2*1-2H3. The second-order valence-electron chi connectivity index (χ2n) is 3.29. The largest absolute Gasteiger partial charge is 0.320 e. The van der Waals surface area contributed by atoms with E-state index in [2.05, 4.69) is 33.0 Å². The second kappa shape index (κ2) is 37.0. The Morgan fingerprint density at radius 1 is 0.867 bits per heavy atom. The molecular formula is C14H37N. The van der Waals surface area contributed by atoms with Crippen LogP contribution in [0.25, 0.3) is 0 Å². The average Bonchev–Trinajstić information content (AvgIpc) is 2.32. The monoisotopic (exact) mass is 219 g/mol. The van der Waals surface area contributed by atoms with Crippen molar-refractivity contribution in [1.82, 2.24) is 5.32 Å². The van der Waals surface area contributed by atoms with Crippen LogP contribution in [-0.4, -0.2) is 13.6 Å². The molecule has 0 atom stereocenters. The molecule has 0 bridgehead atoms. The Bertz CT molecular complexity index is 49.3. The molecule has 0 radical (unpaired) electrons. The number of hydrogen-bond acceptors (Lipinski definition) is 1. The highest BCUT2D eigenvalue weighted by Gasteiger charge is 1.88. The summed E-state index contributed by atoms with van der Waals surface area (Å²) in [4.78, 5) is 0. The molecule has 15 heavy (non-hydrogen) atoms. The predicted octanol–water partition coefficient (Wildman–Crippen LogP) is 5.11. The molecular weight excluding hydrogens is 182 g/mol. The molecule has 0 amide bonds. The van der Waals surface area contributed by atoms with E-state index in [0.717, 1.165) is 12.5 Å². The molecule has 0 saturated heterocycles. The van der Waals surface area contributed by atoms with Crippen LogP contribution in [0, 0.1) is 5.92 Å². The molecule has 98 valence electrons. The average molecular weight is 219 g/mol. The van der Waals surface area contributed by atoms with Gasteiger partial charge < -0.3 is 5.32 Å². The molecule has 0 aliphatic heterocycles. The van der Waals surface area contributed by atoms with Crippen LogP contribution in [0.2, 0.25) is 0 Å². The molecule has 0 rings (SSSR count).